The first-order valence-electron chi connectivity index (χ1n) is 6.24. The number of rotatable bonds is 4. The molecular weight excluding hydrogens is 262 g/mol. The van der Waals surface area contributed by atoms with Crippen molar-refractivity contribution in [3.8, 4) is 0 Å². The minimum absolute atomic E-state index is 0.0792. The third kappa shape index (κ3) is 2.62. The SMILES string of the molecule is CCC(=O)C1C=CCN1S(=O)(=O)c1ccc(C)cc1. The van der Waals surface area contributed by atoms with Gasteiger partial charge in [-0.3, -0.25) is 4.79 Å². The van der Waals surface area contributed by atoms with Crippen molar-refractivity contribution in [1.82, 2.24) is 4.31 Å². The number of Topliss-reactive ketones (excluding diaryl/α,β-unsaturated/α-hetero) is 1. The fourth-order valence-electron chi connectivity index (χ4n) is 2.07. The highest BCUT2D eigenvalue weighted by Crippen LogP contribution is 2.23. The largest absolute Gasteiger partial charge is 0.298 e. The van der Waals surface area contributed by atoms with E-state index in [-0.39, 0.29) is 17.2 Å². The van der Waals surface area contributed by atoms with Crippen LogP contribution in [-0.2, 0) is 14.8 Å². The average Bonchev–Trinajstić information content (AvgIpc) is 2.88. The molecule has 0 aliphatic carbocycles. The van der Waals surface area contributed by atoms with E-state index in [2.05, 4.69) is 0 Å². The quantitative estimate of drug-likeness (QED) is 0.791. The first kappa shape index (κ1) is 14.0. The number of nitrogens with zero attached hydrogens (tertiary/aromatic N) is 1. The molecule has 0 radical (unpaired) electrons. The predicted octanol–water partition coefficient (Wildman–Crippen LogP) is 1.90. The van der Waals surface area contributed by atoms with Crippen molar-refractivity contribution in [3.05, 3.63) is 42.0 Å². The number of carbonyl (C=O) groups is 1. The Morgan fingerprint density at radius 2 is 1.95 bits per heavy atom. The Hall–Kier alpha value is -1.46. The lowest BCUT2D eigenvalue weighted by molar-refractivity contribution is -0.120. The Morgan fingerprint density at radius 1 is 1.32 bits per heavy atom. The van der Waals surface area contributed by atoms with Gasteiger partial charge in [0.2, 0.25) is 10.0 Å². The molecule has 1 heterocycles. The second-order valence-corrected chi connectivity index (χ2v) is 6.47. The van der Waals surface area contributed by atoms with Crippen LogP contribution >= 0.6 is 0 Å². The summed E-state index contributed by atoms with van der Waals surface area (Å²) in [7, 11) is -3.61. The molecule has 1 aromatic rings. The first-order chi connectivity index (χ1) is 8.96. The van der Waals surface area contributed by atoms with Gasteiger partial charge in [0.15, 0.2) is 5.78 Å². The molecular formula is C14H17NO3S. The van der Waals surface area contributed by atoms with E-state index in [0.717, 1.165) is 5.56 Å². The first-order valence-corrected chi connectivity index (χ1v) is 7.68. The van der Waals surface area contributed by atoms with Gasteiger partial charge < -0.3 is 0 Å². The van der Waals surface area contributed by atoms with Crippen LogP contribution in [0.25, 0.3) is 0 Å². The minimum Gasteiger partial charge on any atom is -0.298 e. The second kappa shape index (κ2) is 5.27. The van der Waals surface area contributed by atoms with E-state index in [1.165, 1.54) is 4.31 Å². The van der Waals surface area contributed by atoms with Gasteiger partial charge in [0.25, 0.3) is 0 Å². The van der Waals surface area contributed by atoms with E-state index in [0.29, 0.717) is 6.42 Å². The summed E-state index contributed by atoms with van der Waals surface area (Å²) in [6, 6.07) is 6.02. The van der Waals surface area contributed by atoms with Crippen LogP contribution in [0.1, 0.15) is 18.9 Å². The molecule has 0 aromatic heterocycles. The number of carbonyl (C=O) groups excluding carboxylic acids is 1. The van der Waals surface area contributed by atoms with Crippen molar-refractivity contribution < 1.29 is 13.2 Å². The number of sulfonamides is 1. The Bertz CT molecular complexity index is 602. The fourth-order valence-corrected chi connectivity index (χ4v) is 3.59. The molecule has 1 aromatic carbocycles. The number of aryl methyl sites for hydroxylation is 1. The molecule has 0 fully saturated rings. The minimum atomic E-state index is -3.61. The lowest BCUT2D eigenvalue weighted by atomic mass is 10.1. The lowest BCUT2D eigenvalue weighted by Crippen LogP contribution is -2.40. The van der Waals surface area contributed by atoms with Gasteiger partial charge in [-0.2, -0.15) is 4.31 Å². The Labute approximate surface area is 113 Å². The molecule has 19 heavy (non-hydrogen) atoms. The van der Waals surface area contributed by atoms with Gasteiger partial charge in [-0.05, 0) is 19.1 Å². The summed E-state index contributed by atoms with van der Waals surface area (Å²) in [4.78, 5) is 12.0. The predicted molar refractivity (Wildman–Crippen MR) is 73.3 cm³/mol. The van der Waals surface area contributed by atoms with E-state index in [1.54, 1.807) is 43.3 Å². The molecule has 1 aliphatic heterocycles. The van der Waals surface area contributed by atoms with Gasteiger partial charge in [-0.1, -0.05) is 36.8 Å². The Morgan fingerprint density at radius 3 is 2.53 bits per heavy atom. The number of hydrogen-bond acceptors (Lipinski definition) is 3. The third-order valence-corrected chi connectivity index (χ3v) is 5.08. The highest BCUT2D eigenvalue weighted by molar-refractivity contribution is 7.89. The maximum absolute atomic E-state index is 12.5. The van der Waals surface area contributed by atoms with E-state index in [9.17, 15) is 13.2 Å². The summed E-state index contributed by atoms with van der Waals surface area (Å²) >= 11 is 0. The van der Waals surface area contributed by atoms with E-state index >= 15 is 0 Å². The number of hydrogen-bond donors (Lipinski definition) is 0. The molecule has 0 spiro atoms. The van der Waals surface area contributed by atoms with Gasteiger partial charge in [0.1, 0.15) is 6.04 Å². The van der Waals surface area contributed by atoms with Crippen LogP contribution in [-0.4, -0.2) is 31.1 Å². The van der Waals surface area contributed by atoms with Gasteiger partial charge in [-0.25, -0.2) is 8.42 Å². The molecule has 1 aliphatic rings. The van der Waals surface area contributed by atoms with Gasteiger partial charge in [0, 0.05) is 13.0 Å². The zero-order valence-corrected chi connectivity index (χ0v) is 11.9. The highest BCUT2D eigenvalue weighted by atomic mass is 32.2. The summed E-state index contributed by atoms with van der Waals surface area (Å²) in [5, 5.41) is 0. The lowest BCUT2D eigenvalue weighted by Gasteiger charge is -2.22. The highest BCUT2D eigenvalue weighted by Gasteiger charge is 2.35. The maximum atomic E-state index is 12.5. The molecule has 0 amide bonds. The van der Waals surface area contributed by atoms with E-state index < -0.39 is 16.1 Å². The number of ketones is 1. The van der Waals surface area contributed by atoms with Crippen LogP contribution in [0.2, 0.25) is 0 Å². The summed E-state index contributed by atoms with van der Waals surface area (Å²) in [6.07, 6.45) is 3.72. The van der Waals surface area contributed by atoms with Crippen molar-refractivity contribution in [1.29, 1.82) is 0 Å². The molecule has 0 N–H and O–H groups in total. The summed E-state index contributed by atoms with van der Waals surface area (Å²) in [5.41, 5.74) is 1.000. The maximum Gasteiger partial charge on any atom is 0.244 e. The van der Waals surface area contributed by atoms with Crippen molar-refractivity contribution in [2.45, 2.75) is 31.2 Å². The van der Waals surface area contributed by atoms with Crippen molar-refractivity contribution >= 4 is 15.8 Å². The standard InChI is InChI=1S/C14H17NO3S/c1-3-14(16)13-5-4-10-15(13)19(17,18)12-8-6-11(2)7-9-12/h4-9,13H,3,10H2,1-2H3. The van der Waals surface area contributed by atoms with Crippen molar-refractivity contribution in [2.24, 2.45) is 0 Å². The summed E-state index contributed by atoms with van der Waals surface area (Å²) in [6.45, 7) is 3.90. The Balaban J connectivity index is 2.35. The third-order valence-electron chi connectivity index (χ3n) is 3.22. The molecule has 0 saturated heterocycles. The van der Waals surface area contributed by atoms with Crippen LogP contribution in [0, 0.1) is 6.92 Å². The van der Waals surface area contributed by atoms with Crippen LogP contribution in [0.4, 0.5) is 0 Å². The summed E-state index contributed by atoms with van der Waals surface area (Å²) < 4.78 is 26.3. The van der Waals surface area contributed by atoms with Crippen LogP contribution in [0.5, 0.6) is 0 Å². The van der Waals surface area contributed by atoms with Crippen LogP contribution in [0.15, 0.2) is 41.3 Å². The van der Waals surface area contributed by atoms with Crippen molar-refractivity contribution in [3.63, 3.8) is 0 Å². The smallest absolute Gasteiger partial charge is 0.244 e. The Kier molecular flexibility index (Phi) is 3.87. The van der Waals surface area contributed by atoms with Crippen LogP contribution < -0.4 is 0 Å². The molecule has 4 nitrogen and oxygen atoms in total. The monoisotopic (exact) mass is 279 g/mol. The zero-order valence-electron chi connectivity index (χ0n) is 11.0. The van der Waals surface area contributed by atoms with Gasteiger partial charge in [0.05, 0.1) is 4.90 Å². The summed E-state index contributed by atoms with van der Waals surface area (Å²) in [5.74, 6) is -0.0792. The second-order valence-electron chi connectivity index (χ2n) is 4.58. The molecule has 5 heteroatoms. The molecule has 0 saturated carbocycles. The average molecular weight is 279 g/mol. The molecule has 0 bridgehead atoms. The normalized spacial score (nSPS) is 19.8. The molecule has 1 unspecified atom stereocenters. The van der Waals surface area contributed by atoms with E-state index in [1.807, 2.05) is 6.92 Å². The van der Waals surface area contributed by atoms with Gasteiger partial charge >= 0.3 is 0 Å². The fraction of sp³-hybridized carbons (Fsp3) is 0.357. The number of benzene rings is 1. The van der Waals surface area contributed by atoms with E-state index in [4.69, 9.17) is 0 Å². The molecule has 102 valence electrons. The van der Waals surface area contributed by atoms with Gasteiger partial charge in [-0.15, -0.1) is 0 Å². The molecule has 1 atom stereocenters. The topological polar surface area (TPSA) is 54.5 Å². The zero-order chi connectivity index (χ0) is 14.0. The van der Waals surface area contributed by atoms with Crippen LogP contribution in [0.3, 0.4) is 0 Å². The molecule has 2 rings (SSSR count). The van der Waals surface area contributed by atoms with Crippen molar-refractivity contribution in [2.75, 3.05) is 6.54 Å².